The number of nitro benzene ring substituents is 1. The van der Waals surface area contributed by atoms with Crippen LogP contribution in [0.1, 0.15) is 31.9 Å². The molecule has 0 saturated carbocycles. The number of carbonyl (C=O) groups excluding carboxylic acids is 1. The van der Waals surface area contributed by atoms with Crippen molar-refractivity contribution in [2.75, 3.05) is 6.61 Å². The average Bonchev–Trinajstić information content (AvgIpc) is 2.60. The molecule has 0 radical (unpaired) electrons. The van der Waals surface area contributed by atoms with E-state index < -0.39 is 10.8 Å². The van der Waals surface area contributed by atoms with Crippen molar-refractivity contribution >= 4 is 29.4 Å². The summed E-state index contributed by atoms with van der Waals surface area (Å²) < 4.78 is 5.41. The maximum Gasteiger partial charge on any atom is 0.288 e. The van der Waals surface area contributed by atoms with Crippen LogP contribution in [-0.2, 0) is 10.2 Å². The van der Waals surface area contributed by atoms with E-state index in [2.05, 4.69) is 31.3 Å². The molecule has 27 heavy (non-hydrogen) atoms. The van der Waals surface area contributed by atoms with Gasteiger partial charge in [0.25, 0.3) is 11.6 Å². The van der Waals surface area contributed by atoms with Gasteiger partial charge >= 0.3 is 0 Å². The lowest BCUT2D eigenvalue weighted by molar-refractivity contribution is -0.384. The fourth-order valence-corrected chi connectivity index (χ4v) is 2.35. The van der Waals surface area contributed by atoms with E-state index in [0.29, 0.717) is 11.3 Å². The van der Waals surface area contributed by atoms with E-state index in [1.54, 1.807) is 6.07 Å². The first kappa shape index (κ1) is 20.4. The molecular formula is C19H20ClN3O4. The van der Waals surface area contributed by atoms with Crippen LogP contribution in [0.4, 0.5) is 5.69 Å². The van der Waals surface area contributed by atoms with Gasteiger partial charge in [-0.1, -0.05) is 50.6 Å². The van der Waals surface area contributed by atoms with Crippen molar-refractivity contribution in [2.24, 2.45) is 5.10 Å². The highest BCUT2D eigenvalue weighted by molar-refractivity contribution is 6.32. The minimum Gasteiger partial charge on any atom is -0.484 e. The number of hydrazone groups is 1. The lowest BCUT2D eigenvalue weighted by Crippen LogP contribution is -2.24. The second-order valence-electron chi connectivity index (χ2n) is 6.82. The first-order valence-electron chi connectivity index (χ1n) is 8.16. The zero-order valence-corrected chi connectivity index (χ0v) is 16.0. The van der Waals surface area contributed by atoms with Crippen molar-refractivity contribution in [1.29, 1.82) is 0 Å². The summed E-state index contributed by atoms with van der Waals surface area (Å²) in [5, 5.41) is 14.6. The molecule has 0 unspecified atom stereocenters. The molecule has 2 aromatic rings. The molecule has 0 atom stereocenters. The van der Waals surface area contributed by atoms with Crippen LogP contribution in [0.3, 0.4) is 0 Å². The minimum absolute atomic E-state index is 0.0343. The van der Waals surface area contributed by atoms with Gasteiger partial charge in [0.1, 0.15) is 10.8 Å². The molecule has 0 aliphatic rings. The number of rotatable bonds is 6. The number of ether oxygens (including phenoxy) is 1. The Labute approximate surface area is 162 Å². The molecule has 0 aliphatic carbocycles. The smallest absolute Gasteiger partial charge is 0.288 e. The molecule has 2 aromatic carbocycles. The van der Waals surface area contributed by atoms with E-state index >= 15 is 0 Å². The van der Waals surface area contributed by atoms with E-state index in [0.717, 1.165) is 0 Å². The van der Waals surface area contributed by atoms with Gasteiger partial charge < -0.3 is 4.74 Å². The quantitative estimate of drug-likeness (QED) is 0.457. The number of nitro groups is 1. The second kappa shape index (κ2) is 8.64. The lowest BCUT2D eigenvalue weighted by atomic mass is 9.87. The van der Waals surface area contributed by atoms with E-state index in [1.165, 1.54) is 23.9 Å². The Balaban J connectivity index is 1.87. The molecule has 1 amide bonds. The maximum absolute atomic E-state index is 11.8. The third kappa shape index (κ3) is 6.07. The van der Waals surface area contributed by atoms with Crippen LogP contribution in [0, 0.1) is 10.1 Å². The van der Waals surface area contributed by atoms with Crippen molar-refractivity contribution in [1.82, 2.24) is 5.43 Å². The van der Waals surface area contributed by atoms with Gasteiger partial charge in [0.05, 0.1) is 11.1 Å². The Kier molecular flexibility index (Phi) is 6.52. The predicted molar refractivity (Wildman–Crippen MR) is 104 cm³/mol. The zero-order chi connectivity index (χ0) is 20.0. The van der Waals surface area contributed by atoms with Crippen LogP contribution < -0.4 is 10.2 Å². The normalized spacial score (nSPS) is 11.4. The molecule has 0 saturated heterocycles. The van der Waals surface area contributed by atoms with Gasteiger partial charge in [-0.15, -0.1) is 0 Å². The first-order valence-corrected chi connectivity index (χ1v) is 8.54. The van der Waals surface area contributed by atoms with Crippen LogP contribution in [0.25, 0.3) is 0 Å². The van der Waals surface area contributed by atoms with E-state index in [4.69, 9.17) is 16.3 Å². The average molecular weight is 390 g/mol. The highest BCUT2D eigenvalue weighted by atomic mass is 35.5. The van der Waals surface area contributed by atoms with Crippen LogP contribution >= 0.6 is 11.6 Å². The second-order valence-corrected chi connectivity index (χ2v) is 7.23. The Bertz CT molecular complexity index is 858. The third-order valence-corrected chi connectivity index (χ3v) is 3.98. The topological polar surface area (TPSA) is 93.8 Å². The molecule has 0 bridgehead atoms. The summed E-state index contributed by atoms with van der Waals surface area (Å²) in [6.07, 6.45) is 1.29. The number of hydrogen-bond acceptors (Lipinski definition) is 5. The van der Waals surface area contributed by atoms with Gasteiger partial charge in [-0.2, -0.15) is 5.10 Å². The van der Waals surface area contributed by atoms with Gasteiger partial charge in [0, 0.05) is 11.6 Å². The summed E-state index contributed by atoms with van der Waals surface area (Å²) in [7, 11) is 0. The van der Waals surface area contributed by atoms with Crippen molar-refractivity contribution in [3.8, 4) is 5.75 Å². The standard InChI is InChI=1S/C19H20ClN3O4/c1-19(2,3)14-5-7-15(8-6-14)27-12-18(24)22-21-11-13-4-9-16(20)17(10-13)23(25)26/h4-11H,12H2,1-3H3,(H,22,24). The number of hydrogen-bond donors (Lipinski definition) is 1. The van der Waals surface area contributed by atoms with Crippen molar-refractivity contribution < 1.29 is 14.5 Å². The predicted octanol–water partition coefficient (Wildman–Crippen LogP) is 4.07. The van der Waals surface area contributed by atoms with Gasteiger partial charge in [0.2, 0.25) is 0 Å². The van der Waals surface area contributed by atoms with Crippen LogP contribution in [0.5, 0.6) is 5.75 Å². The number of amides is 1. The van der Waals surface area contributed by atoms with Crippen molar-refractivity contribution in [2.45, 2.75) is 26.2 Å². The molecule has 0 aliphatic heterocycles. The van der Waals surface area contributed by atoms with Gasteiger partial charge in [0.15, 0.2) is 6.61 Å². The van der Waals surface area contributed by atoms with E-state index in [9.17, 15) is 14.9 Å². The van der Waals surface area contributed by atoms with E-state index in [-0.39, 0.29) is 22.7 Å². The van der Waals surface area contributed by atoms with Gasteiger partial charge in [-0.05, 0) is 29.2 Å². The fourth-order valence-electron chi connectivity index (χ4n) is 2.16. The van der Waals surface area contributed by atoms with Crippen molar-refractivity contribution in [3.05, 3.63) is 68.7 Å². The van der Waals surface area contributed by atoms with Crippen molar-refractivity contribution in [3.63, 3.8) is 0 Å². The monoisotopic (exact) mass is 389 g/mol. The molecule has 0 heterocycles. The summed E-state index contributed by atoms with van der Waals surface area (Å²) in [6, 6.07) is 11.8. The fraction of sp³-hybridized carbons (Fsp3) is 0.263. The van der Waals surface area contributed by atoms with Gasteiger partial charge in [-0.25, -0.2) is 5.43 Å². The molecule has 0 fully saturated rings. The largest absolute Gasteiger partial charge is 0.484 e. The number of benzene rings is 2. The zero-order valence-electron chi connectivity index (χ0n) is 15.2. The maximum atomic E-state index is 11.8. The van der Waals surface area contributed by atoms with E-state index in [1.807, 2.05) is 24.3 Å². The summed E-state index contributed by atoms with van der Waals surface area (Å²) in [4.78, 5) is 22.0. The SMILES string of the molecule is CC(C)(C)c1ccc(OCC(=O)NN=Cc2ccc(Cl)c([N+](=O)[O-])c2)cc1. The third-order valence-electron chi connectivity index (χ3n) is 3.66. The summed E-state index contributed by atoms with van der Waals surface area (Å²) >= 11 is 5.74. The number of carbonyl (C=O) groups is 1. The molecule has 8 heteroatoms. The molecule has 1 N–H and O–H groups in total. The molecular weight excluding hydrogens is 370 g/mol. The Morgan fingerprint density at radius 3 is 2.52 bits per heavy atom. The molecule has 7 nitrogen and oxygen atoms in total. The highest BCUT2D eigenvalue weighted by Gasteiger charge is 2.13. The van der Waals surface area contributed by atoms with Crippen LogP contribution in [0.15, 0.2) is 47.6 Å². The Morgan fingerprint density at radius 2 is 1.93 bits per heavy atom. The molecule has 2 rings (SSSR count). The number of nitrogens with one attached hydrogen (secondary N) is 1. The molecule has 0 spiro atoms. The summed E-state index contributed by atoms with van der Waals surface area (Å²) in [5.41, 5.74) is 3.72. The van der Waals surface area contributed by atoms with Crippen LogP contribution in [0.2, 0.25) is 5.02 Å². The summed E-state index contributed by atoms with van der Waals surface area (Å²) in [5.74, 6) is 0.130. The Morgan fingerprint density at radius 1 is 1.26 bits per heavy atom. The molecule has 0 aromatic heterocycles. The Hall–Kier alpha value is -2.93. The lowest BCUT2D eigenvalue weighted by Gasteiger charge is -2.19. The number of nitrogens with zero attached hydrogens (tertiary/aromatic N) is 2. The molecule has 142 valence electrons. The van der Waals surface area contributed by atoms with Gasteiger partial charge in [-0.3, -0.25) is 14.9 Å². The summed E-state index contributed by atoms with van der Waals surface area (Å²) in [6.45, 7) is 6.14. The first-order chi connectivity index (χ1) is 12.7. The number of halogens is 1. The highest BCUT2D eigenvalue weighted by Crippen LogP contribution is 2.25. The van der Waals surface area contributed by atoms with Crippen LogP contribution in [-0.4, -0.2) is 23.7 Å². The minimum atomic E-state index is -0.586.